The zero-order chi connectivity index (χ0) is 13.7. The van der Waals surface area contributed by atoms with Gasteiger partial charge in [0, 0.05) is 22.9 Å². The van der Waals surface area contributed by atoms with Gasteiger partial charge in [-0.1, -0.05) is 6.07 Å². The third kappa shape index (κ3) is 3.72. The van der Waals surface area contributed by atoms with E-state index in [-0.39, 0.29) is 0 Å². The van der Waals surface area contributed by atoms with Gasteiger partial charge in [-0.3, -0.25) is 0 Å². The molecule has 1 N–H and O–H groups in total. The van der Waals surface area contributed by atoms with Crippen LogP contribution in [0.25, 0.3) is 0 Å². The fourth-order valence-electron chi connectivity index (χ4n) is 1.83. The van der Waals surface area contributed by atoms with Crippen LogP contribution in [0, 0.1) is 0 Å². The molecule has 4 heteroatoms. The molecule has 3 nitrogen and oxygen atoms in total. The summed E-state index contributed by atoms with van der Waals surface area (Å²) in [7, 11) is 1.62. The molecule has 1 atom stereocenters. The summed E-state index contributed by atoms with van der Waals surface area (Å²) >= 11 is 1.72. The van der Waals surface area contributed by atoms with E-state index >= 15 is 0 Å². The Morgan fingerprint density at radius 1 is 1.32 bits per heavy atom. The molecule has 1 heterocycles. The second-order valence-corrected chi connectivity index (χ2v) is 5.29. The molecule has 0 bridgehead atoms. The third-order valence-electron chi connectivity index (χ3n) is 2.86. The fourth-order valence-corrected chi connectivity index (χ4v) is 2.52. The first-order valence-corrected chi connectivity index (χ1v) is 7.10. The first-order chi connectivity index (χ1) is 9.20. The predicted molar refractivity (Wildman–Crippen MR) is 77.1 cm³/mol. The van der Waals surface area contributed by atoms with Crippen LogP contribution in [0.4, 0.5) is 0 Å². The Balaban J connectivity index is 2.04. The SMILES string of the molecule is COc1ccc([C@@H](C)O)c(OCCc2cccs2)c1. The Morgan fingerprint density at radius 3 is 2.79 bits per heavy atom. The number of ether oxygens (including phenoxy) is 2. The average Bonchev–Trinajstić information content (AvgIpc) is 2.91. The van der Waals surface area contributed by atoms with Crippen LogP contribution in [-0.2, 0) is 6.42 Å². The van der Waals surface area contributed by atoms with E-state index in [2.05, 4.69) is 11.4 Å². The van der Waals surface area contributed by atoms with Crippen molar-refractivity contribution in [2.24, 2.45) is 0 Å². The van der Waals surface area contributed by atoms with Crippen molar-refractivity contribution in [3.8, 4) is 11.5 Å². The number of hydrogen-bond acceptors (Lipinski definition) is 4. The number of benzene rings is 1. The number of rotatable bonds is 6. The third-order valence-corrected chi connectivity index (χ3v) is 3.79. The van der Waals surface area contributed by atoms with Crippen LogP contribution in [0.1, 0.15) is 23.5 Å². The highest BCUT2D eigenvalue weighted by atomic mass is 32.1. The molecule has 0 aliphatic heterocycles. The zero-order valence-corrected chi connectivity index (χ0v) is 11.9. The largest absolute Gasteiger partial charge is 0.497 e. The van der Waals surface area contributed by atoms with E-state index in [4.69, 9.17) is 9.47 Å². The minimum absolute atomic E-state index is 0.553. The Morgan fingerprint density at radius 2 is 2.16 bits per heavy atom. The van der Waals surface area contributed by atoms with Gasteiger partial charge in [0.2, 0.25) is 0 Å². The maximum absolute atomic E-state index is 9.73. The molecule has 2 rings (SSSR count). The van der Waals surface area contributed by atoms with Gasteiger partial charge in [-0.05, 0) is 30.5 Å². The molecule has 1 aromatic carbocycles. The summed E-state index contributed by atoms with van der Waals surface area (Å²) < 4.78 is 11.0. The Hall–Kier alpha value is -1.52. The lowest BCUT2D eigenvalue weighted by molar-refractivity contribution is 0.191. The molecule has 0 unspecified atom stereocenters. The van der Waals surface area contributed by atoms with E-state index < -0.39 is 6.10 Å². The molecule has 0 saturated heterocycles. The summed E-state index contributed by atoms with van der Waals surface area (Å²) in [4.78, 5) is 1.29. The second kappa shape index (κ2) is 6.59. The van der Waals surface area contributed by atoms with Gasteiger partial charge in [0.25, 0.3) is 0 Å². The molecule has 0 aliphatic carbocycles. The van der Waals surface area contributed by atoms with Crippen molar-refractivity contribution in [2.45, 2.75) is 19.4 Å². The molecular formula is C15H18O3S. The van der Waals surface area contributed by atoms with Gasteiger partial charge in [0.15, 0.2) is 0 Å². The van der Waals surface area contributed by atoms with Crippen molar-refractivity contribution < 1.29 is 14.6 Å². The van der Waals surface area contributed by atoms with E-state index in [9.17, 15) is 5.11 Å². The van der Waals surface area contributed by atoms with E-state index in [0.29, 0.717) is 12.4 Å². The van der Waals surface area contributed by atoms with Gasteiger partial charge in [-0.25, -0.2) is 0 Å². The van der Waals surface area contributed by atoms with Gasteiger partial charge in [-0.15, -0.1) is 11.3 Å². The minimum atomic E-state index is -0.553. The summed E-state index contributed by atoms with van der Waals surface area (Å²) in [5, 5.41) is 11.8. The van der Waals surface area contributed by atoms with Crippen LogP contribution in [0.5, 0.6) is 11.5 Å². The number of hydrogen-bond donors (Lipinski definition) is 1. The normalized spacial score (nSPS) is 12.2. The Bertz CT molecular complexity index is 506. The molecule has 2 aromatic rings. The van der Waals surface area contributed by atoms with Crippen LogP contribution in [0.3, 0.4) is 0 Å². The van der Waals surface area contributed by atoms with Crippen molar-refractivity contribution >= 4 is 11.3 Å². The molecule has 0 amide bonds. The highest BCUT2D eigenvalue weighted by Gasteiger charge is 2.10. The smallest absolute Gasteiger partial charge is 0.128 e. The van der Waals surface area contributed by atoms with E-state index in [1.54, 1.807) is 25.4 Å². The summed E-state index contributed by atoms with van der Waals surface area (Å²) in [6.45, 7) is 2.32. The highest BCUT2D eigenvalue weighted by molar-refractivity contribution is 7.09. The Kier molecular flexibility index (Phi) is 4.82. The average molecular weight is 278 g/mol. The van der Waals surface area contributed by atoms with Crippen molar-refractivity contribution in [1.82, 2.24) is 0 Å². The molecule has 0 aliphatic rings. The lowest BCUT2D eigenvalue weighted by Crippen LogP contribution is -2.04. The first kappa shape index (κ1) is 13.9. The fraction of sp³-hybridized carbons (Fsp3) is 0.333. The predicted octanol–water partition coefficient (Wildman–Crippen LogP) is 3.43. The van der Waals surface area contributed by atoms with Crippen LogP contribution in [0.15, 0.2) is 35.7 Å². The molecular weight excluding hydrogens is 260 g/mol. The molecule has 0 radical (unpaired) electrons. The van der Waals surface area contributed by atoms with Crippen LogP contribution in [0.2, 0.25) is 0 Å². The van der Waals surface area contributed by atoms with Gasteiger partial charge in [-0.2, -0.15) is 0 Å². The molecule has 19 heavy (non-hydrogen) atoms. The number of thiophene rings is 1. The van der Waals surface area contributed by atoms with Crippen molar-refractivity contribution in [3.63, 3.8) is 0 Å². The number of aliphatic hydroxyl groups is 1. The maximum Gasteiger partial charge on any atom is 0.128 e. The monoisotopic (exact) mass is 278 g/mol. The Labute approximate surface area is 117 Å². The summed E-state index contributed by atoms with van der Waals surface area (Å²) in [6.07, 6.45) is 0.316. The molecule has 0 fully saturated rings. The molecule has 0 saturated carbocycles. The van der Waals surface area contributed by atoms with E-state index in [1.165, 1.54) is 4.88 Å². The standard InChI is InChI=1S/C15H18O3S/c1-11(16)14-6-5-12(17-2)10-15(14)18-8-7-13-4-3-9-19-13/h3-6,9-11,16H,7-8H2,1-2H3/t11-/m1/s1. The van der Waals surface area contributed by atoms with Crippen molar-refractivity contribution in [3.05, 3.63) is 46.2 Å². The van der Waals surface area contributed by atoms with Crippen LogP contribution < -0.4 is 9.47 Å². The van der Waals surface area contributed by atoms with Gasteiger partial charge in [0.1, 0.15) is 11.5 Å². The lowest BCUT2D eigenvalue weighted by atomic mass is 10.1. The van der Waals surface area contributed by atoms with Crippen molar-refractivity contribution in [1.29, 1.82) is 0 Å². The maximum atomic E-state index is 9.73. The topological polar surface area (TPSA) is 38.7 Å². The molecule has 1 aromatic heterocycles. The molecule has 102 valence electrons. The second-order valence-electron chi connectivity index (χ2n) is 4.26. The summed E-state index contributed by atoms with van der Waals surface area (Å²) in [6, 6.07) is 9.61. The van der Waals surface area contributed by atoms with E-state index in [0.717, 1.165) is 17.7 Å². The van der Waals surface area contributed by atoms with Crippen molar-refractivity contribution in [2.75, 3.05) is 13.7 Å². The highest BCUT2D eigenvalue weighted by Crippen LogP contribution is 2.29. The number of aliphatic hydroxyl groups excluding tert-OH is 1. The first-order valence-electron chi connectivity index (χ1n) is 6.22. The van der Waals surface area contributed by atoms with Crippen LogP contribution in [-0.4, -0.2) is 18.8 Å². The van der Waals surface area contributed by atoms with E-state index in [1.807, 2.05) is 24.3 Å². The molecule has 0 spiro atoms. The quantitative estimate of drug-likeness (QED) is 0.879. The van der Waals surface area contributed by atoms with Gasteiger partial charge in [0.05, 0.1) is 19.8 Å². The summed E-state index contributed by atoms with van der Waals surface area (Å²) in [5.74, 6) is 1.42. The lowest BCUT2D eigenvalue weighted by Gasteiger charge is -2.14. The summed E-state index contributed by atoms with van der Waals surface area (Å²) in [5.41, 5.74) is 0.784. The van der Waals surface area contributed by atoms with Crippen LogP contribution >= 0.6 is 11.3 Å². The van der Waals surface area contributed by atoms with Gasteiger partial charge < -0.3 is 14.6 Å². The van der Waals surface area contributed by atoms with Gasteiger partial charge >= 0.3 is 0 Å². The number of methoxy groups -OCH3 is 1. The zero-order valence-electron chi connectivity index (χ0n) is 11.1. The minimum Gasteiger partial charge on any atom is -0.497 e.